The van der Waals surface area contributed by atoms with Crippen molar-refractivity contribution in [1.29, 1.82) is 0 Å². The first kappa shape index (κ1) is 16.8. The van der Waals surface area contributed by atoms with Gasteiger partial charge in [0.2, 0.25) is 0 Å². The average molecular weight is 358 g/mol. The molecule has 0 aliphatic heterocycles. The Kier molecular flexibility index (Phi) is 4.37. The summed E-state index contributed by atoms with van der Waals surface area (Å²) in [4.78, 5) is 40.5. The van der Waals surface area contributed by atoms with Crippen LogP contribution in [0.5, 0.6) is 5.75 Å². The molecule has 25 heavy (non-hydrogen) atoms. The van der Waals surface area contributed by atoms with Gasteiger partial charge < -0.3 is 14.8 Å². The van der Waals surface area contributed by atoms with E-state index in [4.69, 9.17) is 5.11 Å². The van der Waals surface area contributed by atoms with Crippen LogP contribution in [0.25, 0.3) is 21.5 Å². The number of thiophene rings is 1. The predicted molar refractivity (Wildman–Crippen MR) is 93.2 cm³/mol. The third kappa shape index (κ3) is 3.03. The van der Waals surface area contributed by atoms with E-state index in [0.717, 1.165) is 10.4 Å². The van der Waals surface area contributed by atoms with E-state index in [1.807, 2.05) is 17.5 Å². The number of carboxylic acid groups (broad SMARTS) is 1. The highest BCUT2D eigenvalue weighted by molar-refractivity contribution is 7.13. The van der Waals surface area contributed by atoms with Gasteiger partial charge in [-0.25, -0.2) is 0 Å². The molecule has 128 valence electrons. The lowest BCUT2D eigenvalue weighted by Gasteiger charge is -2.11. The topological polar surface area (TPSA) is 109 Å². The quantitative estimate of drug-likeness (QED) is 0.678. The van der Waals surface area contributed by atoms with Gasteiger partial charge in [0.1, 0.15) is 11.1 Å². The number of carboxylic acids is 1. The average Bonchev–Trinajstić information content (AvgIpc) is 3.12. The number of carbonyl (C=O) groups is 2. The summed E-state index contributed by atoms with van der Waals surface area (Å²) in [6.07, 6.45) is 0.783. The molecule has 3 aromatic rings. The lowest BCUT2D eigenvalue weighted by Crippen LogP contribution is -2.25. The summed E-state index contributed by atoms with van der Waals surface area (Å²) in [5, 5.41) is 21.0. The standard InChI is InChI=1S/C17H14N2O5S/c1-19-10-7-9(12-3-2-6-25-12)8-18-15(10)16(23)14(17(19)24)11(20)4-5-13(21)22/h2-3,6-8,23H,4-5H2,1H3,(H,21,22). The number of fused-ring (bicyclic) bond motifs is 1. The highest BCUT2D eigenvalue weighted by atomic mass is 32.1. The first-order chi connectivity index (χ1) is 11.9. The van der Waals surface area contributed by atoms with Gasteiger partial charge in [-0.15, -0.1) is 11.3 Å². The summed E-state index contributed by atoms with van der Waals surface area (Å²) in [5.74, 6) is -2.37. The van der Waals surface area contributed by atoms with E-state index in [2.05, 4.69) is 4.98 Å². The summed E-state index contributed by atoms with van der Waals surface area (Å²) in [6.45, 7) is 0. The minimum atomic E-state index is -1.15. The summed E-state index contributed by atoms with van der Waals surface area (Å²) in [6, 6.07) is 5.53. The molecule has 0 saturated carbocycles. The van der Waals surface area contributed by atoms with Crippen molar-refractivity contribution >= 4 is 34.1 Å². The molecule has 0 bridgehead atoms. The van der Waals surface area contributed by atoms with Gasteiger partial charge in [-0.2, -0.15) is 0 Å². The van der Waals surface area contributed by atoms with E-state index in [9.17, 15) is 19.5 Å². The number of aromatic hydroxyl groups is 1. The van der Waals surface area contributed by atoms with Crippen LogP contribution >= 0.6 is 11.3 Å². The maximum absolute atomic E-state index is 12.5. The molecular weight excluding hydrogens is 344 g/mol. The monoisotopic (exact) mass is 358 g/mol. The molecule has 3 rings (SSSR count). The Hall–Kier alpha value is -3.00. The Morgan fingerprint density at radius 3 is 2.72 bits per heavy atom. The maximum atomic E-state index is 12.5. The van der Waals surface area contributed by atoms with E-state index in [0.29, 0.717) is 5.52 Å². The zero-order chi connectivity index (χ0) is 18.1. The van der Waals surface area contributed by atoms with Gasteiger partial charge in [-0.1, -0.05) is 6.07 Å². The lowest BCUT2D eigenvalue weighted by molar-refractivity contribution is -0.136. The summed E-state index contributed by atoms with van der Waals surface area (Å²) < 4.78 is 1.24. The molecule has 0 atom stereocenters. The number of pyridine rings is 2. The van der Waals surface area contributed by atoms with E-state index < -0.39 is 35.0 Å². The fourth-order valence-corrected chi connectivity index (χ4v) is 3.27. The molecule has 0 amide bonds. The Bertz CT molecular complexity index is 1040. The fraction of sp³-hybridized carbons (Fsp3) is 0.176. The molecule has 0 aliphatic carbocycles. The van der Waals surface area contributed by atoms with E-state index in [1.165, 1.54) is 23.0 Å². The molecule has 0 aromatic carbocycles. The maximum Gasteiger partial charge on any atom is 0.303 e. The molecule has 0 fully saturated rings. The van der Waals surface area contributed by atoms with Crippen LogP contribution in [0.2, 0.25) is 0 Å². The SMILES string of the molecule is Cn1c(=O)c(C(=O)CCC(=O)O)c(O)c2ncc(-c3cccs3)cc21. The van der Waals surface area contributed by atoms with Crippen LogP contribution < -0.4 is 5.56 Å². The van der Waals surface area contributed by atoms with Gasteiger partial charge in [0.05, 0.1) is 11.9 Å². The molecule has 0 saturated heterocycles. The van der Waals surface area contributed by atoms with Gasteiger partial charge in [0.15, 0.2) is 11.5 Å². The molecular formula is C17H14N2O5S. The normalized spacial score (nSPS) is 10.9. The van der Waals surface area contributed by atoms with Gasteiger partial charge in [-0.05, 0) is 17.5 Å². The van der Waals surface area contributed by atoms with Crippen LogP contribution in [-0.2, 0) is 11.8 Å². The van der Waals surface area contributed by atoms with Crippen LogP contribution in [-0.4, -0.2) is 31.5 Å². The number of aliphatic carboxylic acids is 1. The summed E-state index contributed by atoms with van der Waals surface area (Å²) in [5.41, 5.74) is 0.212. The minimum Gasteiger partial charge on any atom is -0.505 e. The number of nitrogens with zero attached hydrogens (tertiary/aromatic N) is 2. The number of ketones is 1. The number of aryl methyl sites for hydroxylation is 1. The first-order valence-corrected chi connectivity index (χ1v) is 8.28. The van der Waals surface area contributed by atoms with Crippen molar-refractivity contribution in [3.05, 3.63) is 45.7 Å². The second kappa shape index (κ2) is 6.48. The van der Waals surface area contributed by atoms with Crippen LogP contribution in [0.3, 0.4) is 0 Å². The zero-order valence-electron chi connectivity index (χ0n) is 13.2. The van der Waals surface area contributed by atoms with Crippen LogP contribution in [0.4, 0.5) is 0 Å². The van der Waals surface area contributed by atoms with Crippen molar-refractivity contribution in [1.82, 2.24) is 9.55 Å². The third-order valence-electron chi connectivity index (χ3n) is 3.86. The van der Waals surface area contributed by atoms with Crippen LogP contribution in [0.1, 0.15) is 23.2 Å². The van der Waals surface area contributed by atoms with E-state index >= 15 is 0 Å². The molecule has 3 heterocycles. The molecule has 7 nitrogen and oxygen atoms in total. The minimum absolute atomic E-state index is 0.126. The zero-order valence-corrected chi connectivity index (χ0v) is 14.0. The number of hydrogen-bond acceptors (Lipinski definition) is 6. The lowest BCUT2D eigenvalue weighted by atomic mass is 10.1. The number of aromatic nitrogens is 2. The first-order valence-electron chi connectivity index (χ1n) is 7.40. The smallest absolute Gasteiger partial charge is 0.303 e. The van der Waals surface area contributed by atoms with Gasteiger partial charge >= 0.3 is 5.97 Å². The Morgan fingerprint density at radius 2 is 2.08 bits per heavy atom. The Morgan fingerprint density at radius 1 is 1.32 bits per heavy atom. The molecule has 0 unspecified atom stereocenters. The largest absolute Gasteiger partial charge is 0.505 e. The Balaban J connectivity index is 2.16. The van der Waals surface area contributed by atoms with Crippen molar-refractivity contribution in [3.8, 4) is 16.2 Å². The second-order valence-electron chi connectivity index (χ2n) is 5.47. The van der Waals surface area contributed by atoms with Crippen molar-refractivity contribution in [2.45, 2.75) is 12.8 Å². The third-order valence-corrected chi connectivity index (χ3v) is 4.78. The number of carbonyl (C=O) groups excluding carboxylic acids is 1. The van der Waals surface area contributed by atoms with Gasteiger partial charge in [0, 0.05) is 30.1 Å². The van der Waals surface area contributed by atoms with Crippen LogP contribution in [0.15, 0.2) is 34.6 Å². The van der Waals surface area contributed by atoms with Gasteiger partial charge in [-0.3, -0.25) is 19.4 Å². The molecule has 3 aromatic heterocycles. The second-order valence-corrected chi connectivity index (χ2v) is 6.42. The van der Waals surface area contributed by atoms with Crippen LogP contribution in [0, 0.1) is 0 Å². The number of rotatable bonds is 5. The highest BCUT2D eigenvalue weighted by Gasteiger charge is 2.22. The van der Waals surface area contributed by atoms with E-state index in [-0.39, 0.29) is 11.9 Å². The van der Waals surface area contributed by atoms with Crippen molar-refractivity contribution in [2.75, 3.05) is 0 Å². The highest BCUT2D eigenvalue weighted by Crippen LogP contribution is 2.30. The number of hydrogen-bond donors (Lipinski definition) is 2. The van der Waals surface area contributed by atoms with Gasteiger partial charge in [0.25, 0.3) is 5.56 Å². The molecule has 2 N–H and O–H groups in total. The molecule has 0 aliphatic rings. The predicted octanol–water partition coefficient (Wildman–Crippen LogP) is 2.42. The van der Waals surface area contributed by atoms with Crippen molar-refractivity contribution in [3.63, 3.8) is 0 Å². The molecule has 8 heteroatoms. The fourth-order valence-electron chi connectivity index (χ4n) is 2.56. The number of Topliss-reactive ketones (excluding diaryl/α,β-unsaturated/α-hetero) is 1. The molecule has 0 spiro atoms. The van der Waals surface area contributed by atoms with E-state index in [1.54, 1.807) is 12.3 Å². The van der Waals surface area contributed by atoms with Crippen molar-refractivity contribution < 1.29 is 19.8 Å². The summed E-state index contributed by atoms with van der Waals surface area (Å²) >= 11 is 1.52. The summed E-state index contributed by atoms with van der Waals surface area (Å²) in [7, 11) is 1.48. The Labute approximate surface area is 145 Å². The van der Waals surface area contributed by atoms with Crippen molar-refractivity contribution in [2.24, 2.45) is 7.05 Å². The molecule has 0 radical (unpaired) electrons.